The highest BCUT2D eigenvalue weighted by Crippen LogP contribution is 2.19. The fraction of sp³-hybridized carbons (Fsp3) is 0.182. The van der Waals surface area contributed by atoms with Crippen molar-refractivity contribution in [2.75, 3.05) is 13.1 Å². The Kier molecular flexibility index (Phi) is 4.89. The van der Waals surface area contributed by atoms with Gasteiger partial charge < -0.3 is 5.73 Å². The maximum atomic E-state index is 12.2. The summed E-state index contributed by atoms with van der Waals surface area (Å²) < 4.78 is 25.4. The van der Waals surface area contributed by atoms with E-state index in [4.69, 9.17) is 17.3 Å². The third-order valence-corrected chi connectivity index (χ3v) is 4.14. The summed E-state index contributed by atoms with van der Waals surface area (Å²) in [4.78, 5) is 10.9. The molecule has 7 heteroatoms. The van der Waals surface area contributed by atoms with Gasteiger partial charge in [-0.15, -0.1) is 6.58 Å². The number of halogens is 1. The van der Waals surface area contributed by atoms with Crippen LogP contribution in [0.25, 0.3) is 0 Å². The van der Waals surface area contributed by atoms with Gasteiger partial charge in [0.15, 0.2) is 0 Å². The van der Waals surface area contributed by atoms with Crippen molar-refractivity contribution < 1.29 is 13.2 Å². The zero-order chi connectivity index (χ0) is 13.8. The summed E-state index contributed by atoms with van der Waals surface area (Å²) in [6.45, 7) is 3.04. The van der Waals surface area contributed by atoms with Gasteiger partial charge in [0.1, 0.15) is 0 Å². The molecule has 1 aromatic rings. The van der Waals surface area contributed by atoms with Gasteiger partial charge in [-0.25, -0.2) is 8.42 Å². The molecule has 0 aliphatic rings. The summed E-state index contributed by atoms with van der Waals surface area (Å²) >= 11 is 5.74. The van der Waals surface area contributed by atoms with Gasteiger partial charge in [-0.05, 0) is 18.2 Å². The lowest BCUT2D eigenvalue weighted by Crippen LogP contribution is -2.38. The molecule has 0 bridgehead atoms. The van der Waals surface area contributed by atoms with Gasteiger partial charge in [0.2, 0.25) is 15.9 Å². The summed E-state index contributed by atoms with van der Waals surface area (Å²) in [6.07, 6.45) is 1.38. The molecule has 1 amide bonds. The molecule has 2 N–H and O–H groups in total. The molecular weight excluding hydrogens is 276 g/mol. The summed E-state index contributed by atoms with van der Waals surface area (Å²) in [6, 6.07) is 5.80. The van der Waals surface area contributed by atoms with Crippen molar-refractivity contribution in [3.63, 3.8) is 0 Å². The predicted molar refractivity (Wildman–Crippen MR) is 69.6 cm³/mol. The van der Waals surface area contributed by atoms with Crippen molar-refractivity contribution in [1.82, 2.24) is 4.31 Å². The maximum absolute atomic E-state index is 12.2. The van der Waals surface area contributed by atoms with E-state index in [1.807, 2.05) is 0 Å². The Morgan fingerprint density at radius 3 is 2.67 bits per heavy atom. The number of carbonyl (C=O) groups is 1. The quantitative estimate of drug-likeness (QED) is 0.793. The van der Waals surface area contributed by atoms with Crippen molar-refractivity contribution in [2.45, 2.75) is 4.90 Å². The van der Waals surface area contributed by atoms with Crippen molar-refractivity contribution in [1.29, 1.82) is 0 Å². The van der Waals surface area contributed by atoms with Crippen LogP contribution in [0.1, 0.15) is 0 Å². The Bertz CT molecular complexity index is 557. The summed E-state index contributed by atoms with van der Waals surface area (Å²) in [5.41, 5.74) is 5.02. The highest BCUT2D eigenvalue weighted by molar-refractivity contribution is 7.89. The SMILES string of the molecule is C=CCN(CC(N)=O)S(=O)(=O)c1cccc(Cl)c1. The number of carbonyl (C=O) groups excluding carboxylic acids is 1. The standard InChI is InChI=1S/C11H13ClN2O3S/c1-2-6-14(8-11(13)15)18(16,17)10-5-3-4-9(12)7-10/h2-5,7H,1,6,8H2,(H2,13,15). The Morgan fingerprint density at radius 1 is 1.50 bits per heavy atom. The number of amides is 1. The number of nitrogens with zero attached hydrogens (tertiary/aromatic N) is 1. The van der Waals surface area contributed by atoms with Crippen LogP contribution < -0.4 is 5.73 Å². The van der Waals surface area contributed by atoms with Crippen LogP contribution in [0.5, 0.6) is 0 Å². The second-order valence-corrected chi connectivity index (χ2v) is 5.88. The Labute approximate surface area is 111 Å². The van der Waals surface area contributed by atoms with E-state index in [1.54, 1.807) is 6.07 Å². The average molecular weight is 289 g/mol. The molecule has 0 aliphatic carbocycles. The average Bonchev–Trinajstić information content (AvgIpc) is 2.28. The van der Waals surface area contributed by atoms with Gasteiger partial charge >= 0.3 is 0 Å². The van der Waals surface area contributed by atoms with E-state index in [0.717, 1.165) is 4.31 Å². The first kappa shape index (κ1) is 14.7. The van der Waals surface area contributed by atoms with Crippen LogP contribution in [0, 0.1) is 0 Å². The molecule has 0 fully saturated rings. The minimum atomic E-state index is -3.80. The highest BCUT2D eigenvalue weighted by atomic mass is 35.5. The van der Waals surface area contributed by atoms with Crippen LogP contribution in [0.3, 0.4) is 0 Å². The first-order valence-electron chi connectivity index (χ1n) is 5.03. The Morgan fingerprint density at radius 2 is 2.17 bits per heavy atom. The van der Waals surface area contributed by atoms with E-state index in [0.29, 0.717) is 5.02 Å². The minimum absolute atomic E-state index is 0.00220. The monoisotopic (exact) mass is 288 g/mol. The summed E-state index contributed by atoms with van der Waals surface area (Å²) in [5.74, 6) is -0.734. The lowest BCUT2D eigenvalue weighted by Gasteiger charge is -2.19. The lowest BCUT2D eigenvalue weighted by atomic mass is 10.4. The normalized spacial score (nSPS) is 11.4. The molecule has 0 saturated heterocycles. The minimum Gasteiger partial charge on any atom is -0.369 e. The zero-order valence-electron chi connectivity index (χ0n) is 9.54. The third-order valence-electron chi connectivity index (χ3n) is 2.10. The van der Waals surface area contributed by atoms with Crippen molar-refractivity contribution in [3.8, 4) is 0 Å². The molecule has 0 aliphatic heterocycles. The van der Waals surface area contributed by atoms with Crippen LogP contribution >= 0.6 is 11.6 Å². The second-order valence-electron chi connectivity index (χ2n) is 3.51. The number of sulfonamides is 1. The molecule has 0 spiro atoms. The Hall–Kier alpha value is -1.37. The largest absolute Gasteiger partial charge is 0.369 e. The fourth-order valence-electron chi connectivity index (χ4n) is 1.34. The second kappa shape index (κ2) is 5.99. The smallest absolute Gasteiger partial charge is 0.243 e. The molecule has 0 aromatic heterocycles. The molecular formula is C11H13ClN2O3S. The highest BCUT2D eigenvalue weighted by Gasteiger charge is 2.24. The third kappa shape index (κ3) is 3.56. The van der Waals surface area contributed by atoms with Crippen LogP contribution in [0.4, 0.5) is 0 Å². The van der Waals surface area contributed by atoms with Gasteiger partial charge in [0.25, 0.3) is 0 Å². The predicted octanol–water partition coefficient (Wildman–Crippen LogP) is 1.00. The molecule has 0 atom stereocenters. The van der Waals surface area contributed by atoms with E-state index in [-0.39, 0.29) is 11.4 Å². The number of rotatable bonds is 6. The van der Waals surface area contributed by atoms with Crippen LogP contribution in [-0.4, -0.2) is 31.7 Å². The van der Waals surface area contributed by atoms with Gasteiger partial charge in [0.05, 0.1) is 11.4 Å². The molecule has 1 aromatic carbocycles. The number of hydrogen-bond donors (Lipinski definition) is 1. The maximum Gasteiger partial charge on any atom is 0.243 e. The molecule has 0 unspecified atom stereocenters. The van der Waals surface area contributed by atoms with Crippen LogP contribution in [0.2, 0.25) is 5.02 Å². The lowest BCUT2D eigenvalue weighted by molar-refractivity contribution is -0.118. The van der Waals surface area contributed by atoms with E-state index >= 15 is 0 Å². The molecule has 1 rings (SSSR count). The van der Waals surface area contributed by atoms with Crippen LogP contribution in [0.15, 0.2) is 41.8 Å². The first-order chi connectivity index (χ1) is 8.37. The zero-order valence-corrected chi connectivity index (χ0v) is 11.1. The molecule has 98 valence electrons. The number of primary amides is 1. The molecule has 5 nitrogen and oxygen atoms in total. The number of nitrogens with two attached hydrogens (primary N) is 1. The van der Waals surface area contributed by atoms with Gasteiger partial charge in [-0.1, -0.05) is 23.7 Å². The van der Waals surface area contributed by atoms with E-state index in [2.05, 4.69) is 6.58 Å². The number of benzene rings is 1. The molecule has 0 heterocycles. The first-order valence-corrected chi connectivity index (χ1v) is 6.84. The van der Waals surface area contributed by atoms with E-state index in [9.17, 15) is 13.2 Å². The number of hydrogen-bond acceptors (Lipinski definition) is 3. The fourth-order valence-corrected chi connectivity index (χ4v) is 3.02. The van der Waals surface area contributed by atoms with Crippen molar-refractivity contribution >= 4 is 27.5 Å². The molecule has 0 radical (unpaired) electrons. The molecule has 0 saturated carbocycles. The van der Waals surface area contributed by atoms with Gasteiger partial charge in [-0.3, -0.25) is 4.79 Å². The topological polar surface area (TPSA) is 80.5 Å². The van der Waals surface area contributed by atoms with Crippen LogP contribution in [-0.2, 0) is 14.8 Å². The van der Waals surface area contributed by atoms with Gasteiger partial charge in [0, 0.05) is 11.6 Å². The van der Waals surface area contributed by atoms with Crippen molar-refractivity contribution in [2.24, 2.45) is 5.73 Å². The van der Waals surface area contributed by atoms with E-state index < -0.39 is 22.5 Å². The van der Waals surface area contributed by atoms with Gasteiger partial charge in [-0.2, -0.15) is 4.31 Å². The summed E-state index contributed by atoms with van der Waals surface area (Å²) in [7, 11) is -3.80. The summed E-state index contributed by atoms with van der Waals surface area (Å²) in [5, 5.41) is 0.300. The Balaban J connectivity index is 3.16. The molecule has 18 heavy (non-hydrogen) atoms. The van der Waals surface area contributed by atoms with Crippen molar-refractivity contribution in [3.05, 3.63) is 41.9 Å². The van der Waals surface area contributed by atoms with E-state index in [1.165, 1.54) is 24.3 Å².